The van der Waals surface area contributed by atoms with E-state index >= 15 is 0 Å². The van der Waals surface area contributed by atoms with Gasteiger partial charge in [0.1, 0.15) is 11.5 Å². The molecule has 0 saturated carbocycles. The summed E-state index contributed by atoms with van der Waals surface area (Å²) in [6.07, 6.45) is 1.57. The summed E-state index contributed by atoms with van der Waals surface area (Å²) < 4.78 is 5.57. The van der Waals surface area contributed by atoms with Crippen LogP contribution in [0.15, 0.2) is 70.2 Å². The number of nitrogens with zero attached hydrogens (tertiary/aromatic N) is 2. The van der Waals surface area contributed by atoms with Crippen LogP contribution in [0.4, 0.5) is 5.69 Å². The fourth-order valence-corrected chi connectivity index (χ4v) is 2.51. The molecule has 2 aromatic carbocycles. The molecule has 0 atom stereocenters. The maximum absolute atomic E-state index is 11.9. The van der Waals surface area contributed by atoms with Crippen LogP contribution < -0.4 is 5.43 Å². The minimum absolute atomic E-state index is 0.0401. The molecule has 3 rings (SSSR count). The molecule has 0 unspecified atom stereocenters. The van der Waals surface area contributed by atoms with Crippen LogP contribution in [0.3, 0.4) is 0 Å². The Morgan fingerprint density at radius 2 is 1.89 bits per heavy atom. The number of hydrogen-bond donors (Lipinski definition) is 1. The van der Waals surface area contributed by atoms with Gasteiger partial charge in [-0.1, -0.05) is 42.0 Å². The molecule has 0 spiro atoms. The van der Waals surface area contributed by atoms with Crippen LogP contribution in [0.25, 0.3) is 11.3 Å². The number of hydrazone groups is 1. The molecule has 1 amide bonds. The zero-order valence-electron chi connectivity index (χ0n) is 14.6. The summed E-state index contributed by atoms with van der Waals surface area (Å²) in [4.78, 5) is 22.5. The Labute approximate surface area is 155 Å². The number of nitrogens with one attached hydrogen (secondary N) is 1. The van der Waals surface area contributed by atoms with Crippen LogP contribution in [0.5, 0.6) is 0 Å². The average Bonchev–Trinajstić information content (AvgIpc) is 3.12. The largest absolute Gasteiger partial charge is 0.455 e. The molecule has 0 radical (unpaired) electrons. The van der Waals surface area contributed by atoms with Crippen molar-refractivity contribution < 1.29 is 14.1 Å². The molecule has 0 saturated heterocycles. The fourth-order valence-electron chi connectivity index (χ4n) is 2.51. The van der Waals surface area contributed by atoms with Gasteiger partial charge >= 0.3 is 0 Å². The van der Waals surface area contributed by atoms with Crippen molar-refractivity contribution in [2.24, 2.45) is 5.10 Å². The first kappa shape index (κ1) is 18.1. The molecular weight excluding hydrogens is 346 g/mol. The number of carbonyl (C=O) groups excluding carboxylic acids is 1. The van der Waals surface area contributed by atoms with Crippen molar-refractivity contribution in [3.63, 3.8) is 0 Å². The predicted octanol–water partition coefficient (Wildman–Crippen LogP) is 3.86. The van der Waals surface area contributed by atoms with Crippen molar-refractivity contribution in [3.8, 4) is 11.3 Å². The highest BCUT2D eigenvalue weighted by Crippen LogP contribution is 2.30. The van der Waals surface area contributed by atoms with E-state index in [1.165, 1.54) is 12.3 Å². The van der Waals surface area contributed by atoms with Crippen LogP contribution in [-0.2, 0) is 11.2 Å². The zero-order valence-corrected chi connectivity index (χ0v) is 14.6. The first-order valence-corrected chi connectivity index (χ1v) is 8.24. The molecule has 0 aliphatic carbocycles. The first-order valence-electron chi connectivity index (χ1n) is 8.24. The van der Waals surface area contributed by atoms with E-state index in [2.05, 4.69) is 10.5 Å². The summed E-state index contributed by atoms with van der Waals surface area (Å²) in [5.74, 6) is 0.481. The number of rotatable bonds is 6. The van der Waals surface area contributed by atoms with E-state index in [4.69, 9.17) is 4.42 Å². The van der Waals surface area contributed by atoms with E-state index in [0.29, 0.717) is 17.1 Å². The number of hydrogen-bond acceptors (Lipinski definition) is 5. The second-order valence-corrected chi connectivity index (χ2v) is 5.93. The molecule has 1 N–H and O–H groups in total. The van der Waals surface area contributed by atoms with Gasteiger partial charge < -0.3 is 4.42 Å². The van der Waals surface area contributed by atoms with Gasteiger partial charge in [-0.2, -0.15) is 5.10 Å². The molecule has 0 aliphatic heterocycles. The number of furan rings is 1. The van der Waals surface area contributed by atoms with E-state index < -0.39 is 4.92 Å². The third kappa shape index (κ3) is 4.66. The molecule has 27 heavy (non-hydrogen) atoms. The Morgan fingerprint density at radius 1 is 1.15 bits per heavy atom. The normalized spacial score (nSPS) is 10.9. The lowest BCUT2D eigenvalue weighted by Gasteiger charge is -2.01. The molecule has 136 valence electrons. The summed E-state index contributed by atoms with van der Waals surface area (Å²) in [6.45, 7) is 1.98. The Balaban J connectivity index is 1.63. The van der Waals surface area contributed by atoms with Gasteiger partial charge in [-0.25, -0.2) is 5.43 Å². The Kier molecular flexibility index (Phi) is 5.41. The number of para-hydroxylation sites is 1. The lowest BCUT2D eigenvalue weighted by atomic mass is 10.1. The van der Waals surface area contributed by atoms with Crippen LogP contribution in [0, 0.1) is 17.0 Å². The van der Waals surface area contributed by atoms with Gasteiger partial charge in [0, 0.05) is 6.07 Å². The molecule has 1 heterocycles. The van der Waals surface area contributed by atoms with E-state index in [1.54, 1.807) is 30.3 Å². The summed E-state index contributed by atoms with van der Waals surface area (Å²) in [6, 6.07) is 17.2. The minimum Gasteiger partial charge on any atom is -0.455 e. The molecule has 1 aromatic heterocycles. The predicted molar refractivity (Wildman–Crippen MR) is 101 cm³/mol. The summed E-state index contributed by atoms with van der Waals surface area (Å²) >= 11 is 0. The summed E-state index contributed by atoms with van der Waals surface area (Å²) in [5, 5.41) is 15.0. The molecular formula is C20H17N3O4. The zero-order chi connectivity index (χ0) is 19.2. The molecule has 0 bridgehead atoms. The van der Waals surface area contributed by atoms with E-state index in [0.717, 1.165) is 11.1 Å². The van der Waals surface area contributed by atoms with Crippen molar-refractivity contribution in [1.82, 2.24) is 5.43 Å². The smallest absolute Gasteiger partial charge is 0.280 e. The standard InChI is InChI=1S/C20H17N3O4/c1-14-6-8-15(9-7-14)12-20(24)22-21-13-16-10-11-19(27-16)17-4-2-3-5-18(17)23(25)26/h2-11,13H,12H2,1H3,(H,22,24)/b21-13-. The van der Waals surface area contributed by atoms with Gasteiger partial charge in [0.05, 0.1) is 23.1 Å². The lowest BCUT2D eigenvalue weighted by Crippen LogP contribution is -2.19. The van der Waals surface area contributed by atoms with Gasteiger partial charge in [0.25, 0.3) is 5.69 Å². The third-order valence-electron chi connectivity index (χ3n) is 3.86. The molecule has 0 aliphatic rings. The Morgan fingerprint density at radius 3 is 2.63 bits per heavy atom. The Bertz CT molecular complexity index is 990. The maximum Gasteiger partial charge on any atom is 0.280 e. The van der Waals surface area contributed by atoms with E-state index in [1.807, 2.05) is 31.2 Å². The van der Waals surface area contributed by atoms with Crippen LogP contribution in [-0.4, -0.2) is 17.0 Å². The number of nitro benzene ring substituents is 1. The average molecular weight is 363 g/mol. The van der Waals surface area contributed by atoms with E-state index in [-0.39, 0.29) is 18.0 Å². The fraction of sp³-hybridized carbons (Fsp3) is 0.100. The molecule has 7 heteroatoms. The first-order chi connectivity index (χ1) is 13.0. The van der Waals surface area contributed by atoms with Crippen molar-refractivity contribution >= 4 is 17.8 Å². The van der Waals surface area contributed by atoms with Crippen molar-refractivity contribution in [2.45, 2.75) is 13.3 Å². The number of nitro groups is 1. The van der Waals surface area contributed by atoms with Crippen molar-refractivity contribution in [1.29, 1.82) is 0 Å². The van der Waals surface area contributed by atoms with E-state index in [9.17, 15) is 14.9 Å². The molecule has 0 fully saturated rings. The molecule has 7 nitrogen and oxygen atoms in total. The number of aryl methyl sites for hydroxylation is 1. The highest BCUT2D eigenvalue weighted by atomic mass is 16.6. The minimum atomic E-state index is -0.461. The highest BCUT2D eigenvalue weighted by molar-refractivity contribution is 5.82. The van der Waals surface area contributed by atoms with Gasteiger partial charge in [0.15, 0.2) is 0 Å². The van der Waals surface area contributed by atoms with Gasteiger partial charge in [-0.3, -0.25) is 14.9 Å². The number of amides is 1. The second-order valence-electron chi connectivity index (χ2n) is 5.93. The van der Waals surface area contributed by atoms with Crippen LogP contribution >= 0.6 is 0 Å². The van der Waals surface area contributed by atoms with Crippen molar-refractivity contribution in [2.75, 3.05) is 0 Å². The lowest BCUT2D eigenvalue weighted by molar-refractivity contribution is -0.384. The van der Waals surface area contributed by atoms with Gasteiger partial charge in [-0.15, -0.1) is 0 Å². The molecule has 3 aromatic rings. The van der Waals surface area contributed by atoms with Gasteiger partial charge in [-0.05, 0) is 30.7 Å². The summed E-state index contributed by atoms with van der Waals surface area (Å²) in [7, 11) is 0. The SMILES string of the molecule is Cc1ccc(CC(=O)N/N=C\c2ccc(-c3ccccc3[N+](=O)[O-])o2)cc1. The third-order valence-corrected chi connectivity index (χ3v) is 3.86. The topological polar surface area (TPSA) is 97.7 Å². The second kappa shape index (κ2) is 8.09. The monoisotopic (exact) mass is 363 g/mol. The highest BCUT2D eigenvalue weighted by Gasteiger charge is 2.16. The van der Waals surface area contributed by atoms with Crippen LogP contribution in [0.2, 0.25) is 0 Å². The number of carbonyl (C=O) groups is 1. The van der Waals surface area contributed by atoms with Crippen molar-refractivity contribution in [3.05, 3.63) is 87.7 Å². The quantitative estimate of drug-likeness (QED) is 0.408. The maximum atomic E-state index is 11.9. The van der Waals surface area contributed by atoms with Gasteiger partial charge in [0.2, 0.25) is 5.91 Å². The number of benzene rings is 2. The Hall–Kier alpha value is -3.74. The van der Waals surface area contributed by atoms with Crippen LogP contribution in [0.1, 0.15) is 16.9 Å². The summed E-state index contributed by atoms with van der Waals surface area (Å²) in [5.41, 5.74) is 4.80.